The lowest BCUT2D eigenvalue weighted by Gasteiger charge is -2.34. The van der Waals surface area contributed by atoms with Crippen molar-refractivity contribution in [1.82, 2.24) is 0 Å². The van der Waals surface area contributed by atoms with Crippen LogP contribution in [0.1, 0.15) is 49.2 Å². The molecule has 0 aliphatic heterocycles. The van der Waals surface area contributed by atoms with Gasteiger partial charge < -0.3 is 4.90 Å². The third-order valence-corrected chi connectivity index (χ3v) is 5.33. The molecule has 6 heteroatoms. The molecule has 5 nitrogen and oxygen atoms in total. The Hall–Kier alpha value is -1.43. The number of carbonyl (C=O) groups is 1. The van der Waals surface area contributed by atoms with Gasteiger partial charge in [-0.15, -0.1) is 11.3 Å². The lowest BCUT2D eigenvalue weighted by atomic mass is 9.86. The van der Waals surface area contributed by atoms with Gasteiger partial charge in [-0.25, -0.2) is 0 Å². The van der Waals surface area contributed by atoms with Crippen LogP contribution < -0.4 is 4.90 Å². The van der Waals surface area contributed by atoms with Crippen LogP contribution in [0.25, 0.3) is 0 Å². The average molecular weight is 296 g/mol. The summed E-state index contributed by atoms with van der Waals surface area (Å²) >= 11 is 1.23. The van der Waals surface area contributed by atoms with E-state index in [0.717, 1.165) is 19.3 Å². The Balaban J connectivity index is 2.30. The molecule has 1 fully saturated rings. The van der Waals surface area contributed by atoms with Crippen molar-refractivity contribution in [1.29, 1.82) is 0 Å². The van der Waals surface area contributed by atoms with E-state index in [2.05, 4.69) is 6.92 Å². The van der Waals surface area contributed by atoms with Crippen molar-refractivity contribution < 1.29 is 9.72 Å². The number of nitrogens with zero attached hydrogens (tertiary/aromatic N) is 2. The number of ketones is 1. The molecule has 0 saturated heterocycles. The van der Waals surface area contributed by atoms with Crippen LogP contribution in [0, 0.1) is 16.0 Å². The van der Waals surface area contributed by atoms with Crippen LogP contribution in [-0.4, -0.2) is 23.8 Å². The van der Waals surface area contributed by atoms with Crippen LogP contribution in [-0.2, 0) is 0 Å². The molecule has 1 aliphatic rings. The van der Waals surface area contributed by atoms with E-state index >= 15 is 0 Å². The van der Waals surface area contributed by atoms with E-state index in [1.165, 1.54) is 30.7 Å². The summed E-state index contributed by atoms with van der Waals surface area (Å²) in [7, 11) is 1.91. The van der Waals surface area contributed by atoms with E-state index in [0.29, 0.717) is 21.8 Å². The Morgan fingerprint density at radius 2 is 2.20 bits per heavy atom. The third-order valence-electron chi connectivity index (χ3n) is 4.01. The SMILES string of the molecule is CC(=O)c1cc([N+](=O)[O-])c(N(C)C2CCCC(C)C2)s1. The van der Waals surface area contributed by atoms with Crippen molar-refractivity contribution in [2.45, 2.75) is 45.6 Å². The van der Waals surface area contributed by atoms with E-state index in [9.17, 15) is 14.9 Å². The van der Waals surface area contributed by atoms with Gasteiger partial charge in [0.2, 0.25) is 0 Å². The van der Waals surface area contributed by atoms with Crippen molar-refractivity contribution >= 4 is 27.8 Å². The minimum absolute atomic E-state index is 0.0564. The van der Waals surface area contributed by atoms with Gasteiger partial charge in [0, 0.05) is 19.2 Å². The Morgan fingerprint density at radius 1 is 1.50 bits per heavy atom. The number of rotatable bonds is 4. The van der Waals surface area contributed by atoms with Gasteiger partial charge in [0.05, 0.1) is 9.80 Å². The molecule has 2 unspecified atom stereocenters. The van der Waals surface area contributed by atoms with Gasteiger partial charge >= 0.3 is 5.69 Å². The second kappa shape index (κ2) is 5.91. The van der Waals surface area contributed by atoms with E-state index in [1.807, 2.05) is 11.9 Å². The highest BCUT2D eigenvalue weighted by Gasteiger charge is 2.29. The average Bonchev–Trinajstić information content (AvgIpc) is 2.83. The highest BCUT2D eigenvalue weighted by molar-refractivity contribution is 7.18. The normalized spacial score (nSPS) is 22.6. The molecule has 1 heterocycles. The summed E-state index contributed by atoms with van der Waals surface area (Å²) in [6.07, 6.45) is 4.51. The largest absolute Gasteiger partial charge is 0.358 e. The van der Waals surface area contributed by atoms with Crippen LogP contribution in [0.2, 0.25) is 0 Å². The molecular formula is C14H20N2O3S. The summed E-state index contributed by atoms with van der Waals surface area (Å²) in [6.45, 7) is 3.67. The molecule has 2 rings (SSSR count). The zero-order valence-corrected chi connectivity index (χ0v) is 12.9. The summed E-state index contributed by atoms with van der Waals surface area (Å²) in [6, 6.07) is 1.74. The highest BCUT2D eigenvalue weighted by atomic mass is 32.1. The number of Topliss-reactive ketones (excluding diaryl/α,β-unsaturated/α-hetero) is 1. The number of carbonyl (C=O) groups excluding carboxylic acids is 1. The van der Waals surface area contributed by atoms with Gasteiger partial charge in [-0.05, 0) is 25.7 Å². The molecule has 2 atom stereocenters. The summed E-state index contributed by atoms with van der Waals surface area (Å²) in [5, 5.41) is 11.8. The predicted octanol–water partition coefficient (Wildman–Crippen LogP) is 3.87. The number of anilines is 1. The van der Waals surface area contributed by atoms with Crippen molar-refractivity contribution in [3.05, 3.63) is 21.1 Å². The van der Waals surface area contributed by atoms with Crippen LogP contribution >= 0.6 is 11.3 Å². The lowest BCUT2D eigenvalue weighted by Crippen LogP contribution is -2.35. The predicted molar refractivity (Wildman–Crippen MR) is 80.8 cm³/mol. The Labute approximate surface area is 122 Å². The molecule has 0 spiro atoms. The summed E-state index contributed by atoms with van der Waals surface area (Å²) in [4.78, 5) is 24.7. The molecule has 20 heavy (non-hydrogen) atoms. The minimum Gasteiger partial charge on any atom is -0.358 e. The van der Waals surface area contributed by atoms with Crippen molar-refractivity contribution in [2.75, 3.05) is 11.9 Å². The quantitative estimate of drug-likeness (QED) is 0.480. The van der Waals surface area contributed by atoms with Gasteiger partial charge in [0.25, 0.3) is 0 Å². The van der Waals surface area contributed by atoms with Gasteiger partial charge in [0.1, 0.15) is 0 Å². The summed E-state index contributed by atoms with van der Waals surface area (Å²) in [5.74, 6) is 0.539. The molecule has 0 amide bonds. The third kappa shape index (κ3) is 3.00. The fourth-order valence-electron chi connectivity index (χ4n) is 2.85. The van der Waals surface area contributed by atoms with E-state index in [-0.39, 0.29) is 16.4 Å². The van der Waals surface area contributed by atoms with Crippen molar-refractivity contribution in [3.63, 3.8) is 0 Å². The molecule has 0 N–H and O–H groups in total. The topological polar surface area (TPSA) is 63.4 Å². The zero-order chi connectivity index (χ0) is 14.9. The van der Waals surface area contributed by atoms with E-state index in [1.54, 1.807) is 0 Å². The molecule has 0 bridgehead atoms. The molecule has 1 aliphatic carbocycles. The van der Waals surface area contributed by atoms with Crippen LogP contribution in [0.5, 0.6) is 0 Å². The summed E-state index contributed by atoms with van der Waals surface area (Å²) in [5.41, 5.74) is 0.0564. The molecule has 110 valence electrons. The second-order valence-electron chi connectivity index (χ2n) is 5.65. The molecular weight excluding hydrogens is 276 g/mol. The smallest absolute Gasteiger partial charge is 0.304 e. The van der Waals surface area contributed by atoms with Crippen molar-refractivity contribution in [2.24, 2.45) is 5.92 Å². The van der Waals surface area contributed by atoms with Crippen LogP contribution in [0.4, 0.5) is 10.7 Å². The number of nitro groups is 1. The maximum Gasteiger partial charge on any atom is 0.304 e. The fourth-order valence-corrected chi connectivity index (χ4v) is 3.90. The standard InChI is InChI=1S/C14H20N2O3S/c1-9-5-4-6-11(7-9)15(3)14-12(16(18)19)8-13(20-14)10(2)17/h8-9,11H,4-7H2,1-3H3. The summed E-state index contributed by atoms with van der Waals surface area (Å²) < 4.78 is 0. The molecule has 0 radical (unpaired) electrons. The van der Waals surface area contributed by atoms with Gasteiger partial charge in [-0.1, -0.05) is 19.8 Å². The van der Waals surface area contributed by atoms with Crippen molar-refractivity contribution in [3.8, 4) is 0 Å². The first kappa shape index (κ1) is 15.0. The second-order valence-corrected chi connectivity index (χ2v) is 6.68. The Kier molecular flexibility index (Phi) is 4.42. The maximum absolute atomic E-state index is 11.5. The highest BCUT2D eigenvalue weighted by Crippen LogP contribution is 2.40. The van der Waals surface area contributed by atoms with Gasteiger partial charge in [0.15, 0.2) is 10.8 Å². The molecule has 0 aromatic carbocycles. The zero-order valence-electron chi connectivity index (χ0n) is 12.1. The lowest BCUT2D eigenvalue weighted by molar-refractivity contribution is -0.383. The number of hydrogen-bond donors (Lipinski definition) is 0. The fraction of sp³-hybridized carbons (Fsp3) is 0.643. The van der Waals surface area contributed by atoms with E-state index < -0.39 is 0 Å². The monoisotopic (exact) mass is 296 g/mol. The van der Waals surface area contributed by atoms with Gasteiger partial charge in [-0.3, -0.25) is 14.9 Å². The first-order valence-electron chi connectivity index (χ1n) is 6.92. The first-order valence-corrected chi connectivity index (χ1v) is 7.73. The van der Waals surface area contributed by atoms with E-state index in [4.69, 9.17) is 0 Å². The van der Waals surface area contributed by atoms with Crippen LogP contribution in [0.3, 0.4) is 0 Å². The number of thiophene rings is 1. The molecule has 1 saturated carbocycles. The van der Waals surface area contributed by atoms with Crippen LogP contribution in [0.15, 0.2) is 6.07 Å². The Bertz CT molecular complexity index is 526. The first-order chi connectivity index (χ1) is 9.40. The maximum atomic E-state index is 11.5. The Morgan fingerprint density at radius 3 is 2.75 bits per heavy atom. The molecule has 1 aromatic rings. The minimum atomic E-state index is -0.388. The number of hydrogen-bond acceptors (Lipinski definition) is 5. The molecule has 1 aromatic heterocycles. The van der Waals surface area contributed by atoms with Gasteiger partial charge in [-0.2, -0.15) is 0 Å².